The number of anilines is 1. The molecular formula is C21H19N7O2S. The molecule has 0 unspecified atom stereocenters. The van der Waals surface area contributed by atoms with E-state index in [1.165, 1.54) is 11.8 Å². The number of thioether (sulfide) groups is 1. The molecule has 0 saturated carbocycles. The summed E-state index contributed by atoms with van der Waals surface area (Å²) in [5.41, 5.74) is 3.35. The van der Waals surface area contributed by atoms with Crippen LogP contribution >= 0.6 is 11.8 Å². The number of carbonyl (C=O) groups excluding carboxylic acids is 2. The van der Waals surface area contributed by atoms with Crippen molar-refractivity contribution in [3.05, 3.63) is 71.5 Å². The summed E-state index contributed by atoms with van der Waals surface area (Å²) >= 11 is 1.40. The number of ketones is 1. The summed E-state index contributed by atoms with van der Waals surface area (Å²) in [6.45, 7) is 3.49. The fraction of sp³-hybridized carbons (Fsp3) is 0.143. The largest absolute Gasteiger partial charge is 0.319 e. The fourth-order valence-electron chi connectivity index (χ4n) is 3.28. The van der Waals surface area contributed by atoms with Crippen LogP contribution in [-0.4, -0.2) is 47.9 Å². The number of hydrogen-bond donors (Lipinski definition) is 1. The summed E-state index contributed by atoms with van der Waals surface area (Å²) in [5, 5.41) is 19.3. The first-order valence-electron chi connectivity index (χ1n) is 9.39. The Morgan fingerprint density at radius 3 is 2.45 bits per heavy atom. The zero-order chi connectivity index (χ0) is 22.0. The van der Waals surface area contributed by atoms with Gasteiger partial charge in [-0.3, -0.25) is 9.59 Å². The second-order valence-corrected chi connectivity index (χ2v) is 7.48. The number of para-hydroxylation sites is 1. The van der Waals surface area contributed by atoms with Gasteiger partial charge in [0, 0.05) is 5.69 Å². The van der Waals surface area contributed by atoms with E-state index in [1.807, 2.05) is 42.7 Å². The number of amides is 1. The first-order valence-corrected chi connectivity index (χ1v) is 10.6. The van der Waals surface area contributed by atoms with E-state index in [-0.39, 0.29) is 0 Å². The van der Waals surface area contributed by atoms with Crippen molar-refractivity contribution in [2.24, 2.45) is 0 Å². The van der Waals surface area contributed by atoms with Gasteiger partial charge >= 0.3 is 0 Å². The fourth-order valence-corrected chi connectivity index (χ4v) is 3.71. The molecule has 156 valence electrons. The van der Waals surface area contributed by atoms with Gasteiger partial charge in [0.05, 0.1) is 28.3 Å². The summed E-state index contributed by atoms with van der Waals surface area (Å²) in [6.07, 6.45) is 1.87. The maximum Gasteiger partial charge on any atom is 0.296 e. The van der Waals surface area contributed by atoms with Gasteiger partial charge in [-0.2, -0.15) is 9.78 Å². The number of benzene rings is 2. The van der Waals surface area contributed by atoms with E-state index in [4.69, 9.17) is 0 Å². The predicted octanol–water partition coefficient (Wildman–Crippen LogP) is 3.01. The molecule has 2 aromatic carbocycles. The third-order valence-corrected chi connectivity index (χ3v) is 5.32. The molecule has 4 aromatic rings. The van der Waals surface area contributed by atoms with Crippen LogP contribution in [0.5, 0.6) is 0 Å². The number of nitrogens with zero attached hydrogens (tertiary/aromatic N) is 6. The molecule has 0 bridgehead atoms. The van der Waals surface area contributed by atoms with Crippen LogP contribution in [0.3, 0.4) is 0 Å². The van der Waals surface area contributed by atoms with E-state index in [0.717, 1.165) is 5.69 Å². The van der Waals surface area contributed by atoms with Gasteiger partial charge in [0.1, 0.15) is 0 Å². The van der Waals surface area contributed by atoms with Crippen LogP contribution in [0, 0.1) is 13.8 Å². The van der Waals surface area contributed by atoms with Crippen molar-refractivity contribution >= 4 is 29.1 Å². The molecule has 1 N–H and O–H groups in total. The minimum atomic E-state index is -0.738. The number of Topliss-reactive ketones (excluding diaryl/α,β-unsaturated/α-hetero) is 1. The molecule has 9 nitrogen and oxygen atoms in total. The van der Waals surface area contributed by atoms with E-state index in [2.05, 4.69) is 25.9 Å². The number of nitrogens with one attached hydrogen (secondary N) is 1. The molecule has 31 heavy (non-hydrogen) atoms. The molecule has 10 heteroatoms. The average molecular weight is 433 g/mol. The van der Waals surface area contributed by atoms with Gasteiger partial charge < -0.3 is 5.32 Å². The van der Waals surface area contributed by atoms with Crippen LogP contribution in [0.25, 0.3) is 11.4 Å². The SMILES string of the molecule is CSc1nnnn1-c1cccc(NC(=O)C(=O)c2c(C)nn(-c3ccccc3)c2C)c1. The van der Waals surface area contributed by atoms with Crippen LogP contribution in [0.15, 0.2) is 59.8 Å². The molecule has 0 atom stereocenters. The third-order valence-electron chi connectivity index (χ3n) is 4.70. The van der Waals surface area contributed by atoms with Crippen LogP contribution in [0.1, 0.15) is 21.7 Å². The first kappa shape index (κ1) is 20.5. The second-order valence-electron chi connectivity index (χ2n) is 6.70. The molecule has 0 radical (unpaired) electrons. The van der Waals surface area contributed by atoms with Gasteiger partial charge in [-0.1, -0.05) is 36.0 Å². The summed E-state index contributed by atoms with van der Waals surface area (Å²) in [7, 11) is 0. The van der Waals surface area contributed by atoms with Crippen molar-refractivity contribution in [2.75, 3.05) is 11.6 Å². The number of rotatable bonds is 6. The van der Waals surface area contributed by atoms with E-state index < -0.39 is 11.7 Å². The number of aryl methyl sites for hydroxylation is 1. The van der Waals surface area contributed by atoms with Crippen molar-refractivity contribution in [3.63, 3.8) is 0 Å². The highest BCUT2D eigenvalue weighted by atomic mass is 32.2. The van der Waals surface area contributed by atoms with Crippen molar-refractivity contribution < 1.29 is 9.59 Å². The standard InChI is InChI=1S/C21H19N7O2S/c1-13-18(14(2)27(24-13)16-9-5-4-6-10-16)19(29)20(30)22-15-8-7-11-17(12-15)28-21(31-3)23-25-26-28/h4-12H,1-3H3,(H,22,30). The van der Waals surface area contributed by atoms with E-state index in [0.29, 0.717) is 33.5 Å². The van der Waals surface area contributed by atoms with Gasteiger partial charge in [-0.05, 0) is 60.9 Å². The first-order chi connectivity index (χ1) is 15.0. The summed E-state index contributed by atoms with van der Waals surface area (Å²) in [6, 6.07) is 16.4. The highest BCUT2D eigenvalue weighted by Crippen LogP contribution is 2.21. The Bertz CT molecular complexity index is 1260. The molecule has 0 spiro atoms. The van der Waals surface area contributed by atoms with Gasteiger partial charge in [-0.15, -0.1) is 5.10 Å². The number of tetrazole rings is 1. The maximum absolute atomic E-state index is 12.9. The molecule has 2 heterocycles. The average Bonchev–Trinajstić information content (AvgIpc) is 3.38. The Hall–Kier alpha value is -3.79. The van der Waals surface area contributed by atoms with Crippen LogP contribution in [0.4, 0.5) is 5.69 Å². The Balaban J connectivity index is 1.58. The second kappa shape index (κ2) is 8.52. The highest BCUT2D eigenvalue weighted by molar-refractivity contribution is 7.98. The normalized spacial score (nSPS) is 10.8. The monoisotopic (exact) mass is 433 g/mol. The smallest absolute Gasteiger partial charge is 0.296 e. The van der Waals surface area contributed by atoms with Gasteiger partial charge in [-0.25, -0.2) is 4.68 Å². The Kier molecular flexibility index (Phi) is 5.63. The Morgan fingerprint density at radius 1 is 0.968 bits per heavy atom. The lowest BCUT2D eigenvalue weighted by Crippen LogP contribution is -2.24. The number of hydrogen-bond acceptors (Lipinski definition) is 7. The van der Waals surface area contributed by atoms with E-state index in [1.54, 1.807) is 41.4 Å². The van der Waals surface area contributed by atoms with E-state index >= 15 is 0 Å². The number of carbonyl (C=O) groups is 2. The van der Waals surface area contributed by atoms with Crippen molar-refractivity contribution in [1.29, 1.82) is 0 Å². The van der Waals surface area contributed by atoms with Gasteiger partial charge in [0.25, 0.3) is 11.7 Å². The lowest BCUT2D eigenvalue weighted by Gasteiger charge is -2.08. The molecule has 0 fully saturated rings. The number of aromatic nitrogens is 6. The molecule has 0 aliphatic heterocycles. The topological polar surface area (TPSA) is 108 Å². The molecule has 2 aromatic heterocycles. The molecule has 0 saturated heterocycles. The van der Waals surface area contributed by atoms with Crippen molar-refractivity contribution in [3.8, 4) is 11.4 Å². The summed E-state index contributed by atoms with van der Waals surface area (Å²) in [4.78, 5) is 25.7. The van der Waals surface area contributed by atoms with Crippen LogP contribution < -0.4 is 5.32 Å². The van der Waals surface area contributed by atoms with Gasteiger partial charge in [0.15, 0.2) is 0 Å². The minimum Gasteiger partial charge on any atom is -0.319 e. The van der Waals surface area contributed by atoms with Crippen LogP contribution in [-0.2, 0) is 4.79 Å². The molecule has 4 rings (SSSR count). The highest BCUT2D eigenvalue weighted by Gasteiger charge is 2.25. The lowest BCUT2D eigenvalue weighted by atomic mass is 10.1. The Morgan fingerprint density at radius 2 is 1.71 bits per heavy atom. The minimum absolute atomic E-state index is 0.294. The summed E-state index contributed by atoms with van der Waals surface area (Å²) in [5.74, 6) is -1.38. The molecule has 0 aliphatic rings. The summed E-state index contributed by atoms with van der Waals surface area (Å²) < 4.78 is 3.22. The van der Waals surface area contributed by atoms with E-state index in [9.17, 15) is 9.59 Å². The third kappa shape index (κ3) is 3.97. The van der Waals surface area contributed by atoms with Crippen LogP contribution in [0.2, 0.25) is 0 Å². The maximum atomic E-state index is 12.9. The Labute approximate surface area is 182 Å². The zero-order valence-electron chi connectivity index (χ0n) is 17.1. The zero-order valence-corrected chi connectivity index (χ0v) is 17.9. The van der Waals surface area contributed by atoms with Crippen molar-refractivity contribution in [1.82, 2.24) is 30.0 Å². The lowest BCUT2D eigenvalue weighted by molar-refractivity contribution is -0.112. The van der Waals surface area contributed by atoms with Gasteiger partial charge in [0.2, 0.25) is 5.16 Å². The predicted molar refractivity (Wildman–Crippen MR) is 117 cm³/mol. The quantitative estimate of drug-likeness (QED) is 0.283. The van der Waals surface area contributed by atoms with Crippen molar-refractivity contribution in [2.45, 2.75) is 19.0 Å². The molecule has 0 aliphatic carbocycles. The molecule has 1 amide bonds. The molecular weight excluding hydrogens is 414 g/mol.